The van der Waals surface area contributed by atoms with Crippen LogP contribution in [0.25, 0.3) is 5.57 Å². The monoisotopic (exact) mass is 336 g/mol. The molecule has 0 aliphatic carbocycles. The van der Waals surface area contributed by atoms with Crippen LogP contribution < -0.4 is 5.32 Å². The maximum Gasteiger partial charge on any atom is 0.434 e. The number of ether oxygens (including phenoxy) is 1. The van der Waals surface area contributed by atoms with Crippen LogP contribution in [0.15, 0.2) is 24.3 Å². The molecule has 0 saturated carbocycles. The molecule has 1 aromatic rings. The summed E-state index contributed by atoms with van der Waals surface area (Å²) < 4.78 is 19.2. The Morgan fingerprint density at radius 3 is 2.54 bits per heavy atom. The standard InChI is InChI=1S/C17H21FN2O4/c1-17(2,3)24-16(22)20-8-7-12(10-23-20)11-5-6-13(14(18)9-11)15(21)19-4/h5-7,9H,8,10H2,1-4H3,(H,19,21). The van der Waals surface area contributed by atoms with E-state index in [2.05, 4.69) is 5.32 Å². The molecule has 1 aliphatic rings. The summed E-state index contributed by atoms with van der Waals surface area (Å²) in [6.45, 7) is 5.62. The zero-order chi connectivity index (χ0) is 17.9. The Bertz CT molecular complexity index is 680. The molecule has 2 rings (SSSR count). The fourth-order valence-corrected chi connectivity index (χ4v) is 2.13. The highest BCUT2D eigenvalue weighted by Gasteiger charge is 2.25. The summed E-state index contributed by atoms with van der Waals surface area (Å²) in [7, 11) is 1.44. The van der Waals surface area contributed by atoms with Crippen LogP contribution in [-0.2, 0) is 9.57 Å². The second kappa shape index (κ2) is 7.00. The fraction of sp³-hybridized carbons (Fsp3) is 0.412. The average molecular weight is 336 g/mol. The Balaban J connectivity index is 2.09. The maximum atomic E-state index is 14.0. The lowest BCUT2D eigenvalue weighted by Crippen LogP contribution is -2.39. The molecular formula is C17H21FN2O4. The third-order valence-electron chi connectivity index (χ3n) is 3.29. The lowest BCUT2D eigenvalue weighted by atomic mass is 10.0. The van der Waals surface area contributed by atoms with E-state index in [-0.39, 0.29) is 18.7 Å². The normalized spacial score (nSPS) is 14.9. The van der Waals surface area contributed by atoms with Gasteiger partial charge in [0.25, 0.3) is 5.91 Å². The van der Waals surface area contributed by atoms with Crippen molar-refractivity contribution in [2.24, 2.45) is 0 Å². The first-order valence-electron chi connectivity index (χ1n) is 7.56. The van der Waals surface area contributed by atoms with E-state index in [9.17, 15) is 14.0 Å². The molecule has 0 aromatic heterocycles. The predicted octanol–water partition coefficient (Wildman–Crippen LogP) is 2.75. The predicted molar refractivity (Wildman–Crippen MR) is 86.7 cm³/mol. The van der Waals surface area contributed by atoms with Crippen LogP contribution in [0.3, 0.4) is 0 Å². The molecule has 0 fully saturated rings. The van der Waals surface area contributed by atoms with Crippen molar-refractivity contribution in [1.82, 2.24) is 10.4 Å². The van der Waals surface area contributed by atoms with Gasteiger partial charge in [-0.25, -0.2) is 9.18 Å². The number of nitrogens with zero attached hydrogens (tertiary/aromatic N) is 1. The van der Waals surface area contributed by atoms with E-state index in [1.807, 2.05) is 0 Å². The molecule has 0 spiro atoms. The van der Waals surface area contributed by atoms with Crippen LogP contribution in [0.1, 0.15) is 36.7 Å². The summed E-state index contributed by atoms with van der Waals surface area (Å²) in [5, 5.41) is 3.50. The van der Waals surface area contributed by atoms with Crippen molar-refractivity contribution in [2.75, 3.05) is 20.2 Å². The van der Waals surface area contributed by atoms with E-state index in [1.54, 1.807) is 32.9 Å². The molecule has 0 radical (unpaired) electrons. The van der Waals surface area contributed by atoms with Gasteiger partial charge in [-0.15, -0.1) is 0 Å². The van der Waals surface area contributed by atoms with Crippen molar-refractivity contribution >= 4 is 17.6 Å². The van der Waals surface area contributed by atoms with E-state index in [4.69, 9.17) is 9.57 Å². The molecule has 0 unspecified atom stereocenters. The van der Waals surface area contributed by atoms with Gasteiger partial charge in [-0.05, 0) is 44.0 Å². The highest BCUT2D eigenvalue weighted by atomic mass is 19.1. The number of hydroxylamine groups is 2. The van der Waals surface area contributed by atoms with Gasteiger partial charge in [0.2, 0.25) is 0 Å². The summed E-state index contributed by atoms with van der Waals surface area (Å²) in [5.41, 5.74) is 0.707. The number of hydrogen-bond acceptors (Lipinski definition) is 4. The molecule has 2 amide bonds. The van der Waals surface area contributed by atoms with Crippen molar-refractivity contribution in [3.05, 3.63) is 41.2 Å². The van der Waals surface area contributed by atoms with Gasteiger partial charge in [-0.2, -0.15) is 5.06 Å². The largest absolute Gasteiger partial charge is 0.442 e. The minimum absolute atomic E-state index is 0.0195. The zero-order valence-electron chi connectivity index (χ0n) is 14.2. The minimum atomic E-state index is -0.609. The first kappa shape index (κ1) is 17.9. The molecular weight excluding hydrogens is 315 g/mol. The van der Waals surface area contributed by atoms with Crippen molar-refractivity contribution < 1.29 is 23.6 Å². The summed E-state index contributed by atoms with van der Waals surface area (Å²) >= 11 is 0. The lowest BCUT2D eigenvalue weighted by molar-refractivity contribution is -0.133. The van der Waals surface area contributed by atoms with Crippen LogP contribution in [0.4, 0.5) is 9.18 Å². The molecule has 130 valence electrons. The molecule has 0 bridgehead atoms. The summed E-state index contributed by atoms with van der Waals surface area (Å²) in [5.74, 6) is -1.09. The maximum absolute atomic E-state index is 14.0. The molecule has 24 heavy (non-hydrogen) atoms. The number of carbonyl (C=O) groups excluding carboxylic acids is 2. The van der Waals surface area contributed by atoms with E-state index in [1.165, 1.54) is 19.2 Å². The second-order valence-electron chi connectivity index (χ2n) is 6.32. The SMILES string of the molecule is CNC(=O)c1ccc(C2=CCN(C(=O)OC(C)(C)C)OC2)cc1F. The van der Waals surface area contributed by atoms with Crippen LogP contribution >= 0.6 is 0 Å². The molecule has 1 aliphatic heterocycles. The molecule has 0 atom stereocenters. The molecule has 7 heteroatoms. The van der Waals surface area contributed by atoms with Gasteiger partial charge in [0.15, 0.2) is 0 Å². The number of amides is 2. The van der Waals surface area contributed by atoms with E-state index in [0.29, 0.717) is 5.56 Å². The van der Waals surface area contributed by atoms with Gasteiger partial charge in [0, 0.05) is 7.05 Å². The molecule has 1 N–H and O–H groups in total. The van der Waals surface area contributed by atoms with Crippen LogP contribution in [0, 0.1) is 5.82 Å². The van der Waals surface area contributed by atoms with Crippen LogP contribution in [-0.4, -0.2) is 42.9 Å². The number of halogens is 1. The number of hydrogen-bond donors (Lipinski definition) is 1. The average Bonchev–Trinajstić information content (AvgIpc) is 2.52. The Morgan fingerprint density at radius 1 is 1.33 bits per heavy atom. The number of rotatable bonds is 2. The van der Waals surface area contributed by atoms with Crippen LogP contribution in [0.2, 0.25) is 0 Å². The van der Waals surface area contributed by atoms with Crippen molar-refractivity contribution in [3.63, 3.8) is 0 Å². The molecule has 0 saturated heterocycles. The van der Waals surface area contributed by atoms with Gasteiger partial charge >= 0.3 is 6.09 Å². The fourth-order valence-electron chi connectivity index (χ4n) is 2.13. The third kappa shape index (κ3) is 4.32. The van der Waals surface area contributed by atoms with E-state index in [0.717, 1.165) is 10.6 Å². The van der Waals surface area contributed by atoms with Gasteiger partial charge < -0.3 is 10.1 Å². The quantitative estimate of drug-likeness (QED) is 0.902. The van der Waals surface area contributed by atoms with Gasteiger partial charge in [-0.3, -0.25) is 9.63 Å². The number of nitrogens with one attached hydrogen (secondary N) is 1. The highest BCUT2D eigenvalue weighted by molar-refractivity contribution is 5.94. The zero-order valence-corrected chi connectivity index (χ0v) is 14.2. The topological polar surface area (TPSA) is 67.9 Å². The van der Waals surface area contributed by atoms with Crippen molar-refractivity contribution in [1.29, 1.82) is 0 Å². The van der Waals surface area contributed by atoms with Crippen molar-refractivity contribution in [2.45, 2.75) is 26.4 Å². The Morgan fingerprint density at radius 2 is 2.04 bits per heavy atom. The summed E-state index contributed by atoms with van der Waals surface area (Å²) in [6, 6.07) is 4.35. The van der Waals surface area contributed by atoms with E-state index >= 15 is 0 Å². The van der Waals surface area contributed by atoms with E-state index < -0.39 is 23.4 Å². The Labute approximate surface area is 140 Å². The first-order valence-corrected chi connectivity index (χ1v) is 7.56. The van der Waals surface area contributed by atoms with Gasteiger partial charge in [0.05, 0.1) is 12.1 Å². The molecule has 1 aromatic carbocycles. The highest BCUT2D eigenvalue weighted by Crippen LogP contribution is 2.22. The lowest BCUT2D eigenvalue weighted by Gasteiger charge is -2.28. The van der Waals surface area contributed by atoms with Crippen LogP contribution in [0.5, 0.6) is 0 Å². The summed E-state index contributed by atoms with van der Waals surface area (Å²) in [6.07, 6.45) is 1.20. The number of carbonyl (C=O) groups is 2. The smallest absolute Gasteiger partial charge is 0.434 e. The molecule has 1 heterocycles. The minimum Gasteiger partial charge on any atom is -0.442 e. The Hall–Kier alpha value is -2.41. The first-order chi connectivity index (χ1) is 11.2. The van der Waals surface area contributed by atoms with Gasteiger partial charge in [0.1, 0.15) is 18.0 Å². The summed E-state index contributed by atoms with van der Waals surface area (Å²) in [4.78, 5) is 28.8. The van der Waals surface area contributed by atoms with Gasteiger partial charge in [-0.1, -0.05) is 12.1 Å². The Kier molecular flexibility index (Phi) is 5.23. The second-order valence-corrected chi connectivity index (χ2v) is 6.32. The van der Waals surface area contributed by atoms with Crippen molar-refractivity contribution in [3.8, 4) is 0 Å². The number of benzene rings is 1. The third-order valence-corrected chi connectivity index (χ3v) is 3.29. The molecule has 6 nitrogen and oxygen atoms in total.